The molecule has 0 aliphatic carbocycles. The van der Waals surface area contributed by atoms with Gasteiger partial charge in [0.2, 0.25) is 0 Å². The molecule has 1 aliphatic rings. The van der Waals surface area contributed by atoms with Gasteiger partial charge in [-0.05, 0) is 7.05 Å². The number of ether oxygens (including phenoxy) is 2. The van der Waals surface area contributed by atoms with Gasteiger partial charge in [0.15, 0.2) is 12.0 Å². The molecule has 0 saturated carbocycles. The van der Waals surface area contributed by atoms with E-state index < -0.39 is 24.2 Å². The quantitative estimate of drug-likeness (QED) is 0.366. The van der Waals surface area contributed by atoms with Crippen LogP contribution in [0.25, 0.3) is 0 Å². The maximum atomic E-state index is 9.75. The average molecular weight is 193 g/mol. The molecule has 0 aromatic carbocycles. The van der Waals surface area contributed by atoms with E-state index in [9.17, 15) is 15.3 Å². The highest BCUT2D eigenvalue weighted by Crippen LogP contribution is 2.23. The molecule has 1 aliphatic heterocycles. The summed E-state index contributed by atoms with van der Waals surface area (Å²) in [6.07, 6.45) is -3.44. The van der Waals surface area contributed by atoms with Crippen LogP contribution >= 0.6 is 0 Å². The van der Waals surface area contributed by atoms with Crippen molar-refractivity contribution in [2.24, 2.45) is 0 Å². The Morgan fingerprint density at radius 3 is 2.62 bits per heavy atom. The molecular weight excluding hydrogens is 178 g/mol. The highest BCUT2D eigenvalue weighted by molar-refractivity contribution is 4.94. The van der Waals surface area contributed by atoms with Gasteiger partial charge < -0.3 is 24.8 Å². The third-order valence-electron chi connectivity index (χ3n) is 2.27. The zero-order valence-electron chi connectivity index (χ0n) is 7.60. The van der Waals surface area contributed by atoms with Gasteiger partial charge in [0.05, 0.1) is 6.61 Å². The topological polar surface area (TPSA) is 91.2 Å². The van der Waals surface area contributed by atoms with E-state index in [1.807, 2.05) is 0 Å². The first-order valence-electron chi connectivity index (χ1n) is 3.98. The van der Waals surface area contributed by atoms with Crippen LogP contribution in [0.4, 0.5) is 0 Å². The first-order valence-corrected chi connectivity index (χ1v) is 3.98. The largest absolute Gasteiger partial charge is 0.386 e. The number of nitrogens with one attached hydrogen (secondary N) is 1. The van der Waals surface area contributed by atoms with Gasteiger partial charge in [-0.25, -0.2) is 0 Å². The number of rotatable bonds is 2. The van der Waals surface area contributed by atoms with Gasteiger partial charge in [-0.15, -0.1) is 0 Å². The van der Waals surface area contributed by atoms with Crippen LogP contribution in [-0.4, -0.2) is 60.3 Å². The summed E-state index contributed by atoms with van der Waals surface area (Å²) < 4.78 is 9.69. The highest BCUT2D eigenvalue weighted by atomic mass is 16.7. The Hall–Kier alpha value is -0.240. The van der Waals surface area contributed by atoms with Crippen molar-refractivity contribution in [1.82, 2.24) is 5.32 Å². The average Bonchev–Trinajstić information content (AvgIpc) is 2.15. The van der Waals surface area contributed by atoms with E-state index in [0.29, 0.717) is 0 Å². The van der Waals surface area contributed by atoms with Crippen molar-refractivity contribution in [3.63, 3.8) is 0 Å². The van der Waals surface area contributed by atoms with E-state index in [1.54, 1.807) is 0 Å². The summed E-state index contributed by atoms with van der Waals surface area (Å²) in [7, 11) is 2.78. The number of methoxy groups -OCH3 is 1. The fraction of sp³-hybridized carbons (Fsp3) is 1.00. The highest BCUT2D eigenvalue weighted by Gasteiger charge is 2.50. The molecule has 13 heavy (non-hydrogen) atoms. The first kappa shape index (κ1) is 10.8. The molecule has 1 fully saturated rings. The minimum atomic E-state index is -1.78. The number of aliphatic hydroxyl groups is 3. The lowest BCUT2D eigenvalue weighted by atomic mass is 9.97. The van der Waals surface area contributed by atoms with E-state index in [4.69, 9.17) is 9.47 Å². The van der Waals surface area contributed by atoms with E-state index in [-0.39, 0.29) is 6.61 Å². The van der Waals surface area contributed by atoms with Gasteiger partial charge in [-0.3, -0.25) is 5.32 Å². The van der Waals surface area contributed by atoms with Crippen molar-refractivity contribution < 1.29 is 24.8 Å². The number of hydrogen-bond donors (Lipinski definition) is 4. The van der Waals surface area contributed by atoms with Gasteiger partial charge in [-0.1, -0.05) is 0 Å². The molecule has 0 spiro atoms. The minimum Gasteiger partial charge on any atom is -0.386 e. The Kier molecular flexibility index (Phi) is 3.23. The van der Waals surface area contributed by atoms with Crippen LogP contribution in [0.2, 0.25) is 0 Å². The second-order valence-corrected chi connectivity index (χ2v) is 2.97. The Balaban J connectivity index is 2.77. The molecule has 4 atom stereocenters. The molecule has 0 aromatic rings. The van der Waals surface area contributed by atoms with Crippen LogP contribution in [0.3, 0.4) is 0 Å². The Morgan fingerprint density at radius 2 is 2.15 bits per heavy atom. The van der Waals surface area contributed by atoms with E-state index >= 15 is 0 Å². The van der Waals surface area contributed by atoms with Crippen molar-refractivity contribution in [3.8, 4) is 0 Å². The van der Waals surface area contributed by atoms with Gasteiger partial charge in [0, 0.05) is 7.11 Å². The van der Waals surface area contributed by atoms with E-state index in [2.05, 4.69) is 5.32 Å². The minimum absolute atomic E-state index is 0.0904. The molecule has 0 aromatic heterocycles. The van der Waals surface area contributed by atoms with Crippen LogP contribution in [0, 0.1) is 0 Å². The monoisotopic (exact) mass is 193 g/mol. The van der Waals surface area contributed by atoms with E-state index in [0.717, 1.165) is 0 Å². The summed E-state index contributed by atoms with van der Waals surface area (Å²) in [6.45, 7) is -0.0904. The Bertz CT molecular complexity index is 178. The second kappa shape index (κ2) is 3.87. The van der Waals surface area contributed by atoms with Crippen molar-refractivity contribution >= 4 is 0 Å². The smallest absolute Gasteiger partial charge is 0.187 e. The van der Waals surface area contributed by atoms with Gasteiger partial charge in [0.1, 0.15) is 12.2 Å². The number of hydrogen-bond acceptors (Lipinski definition) is 6. The van der Waals surface area contributed by atoms with Crippen LogP contribution in [0.5, 0.6) is 0 Å². The first-order chi connectivity index (χ1) is 6.06. The molecule has 0 radical (unpaired) electrons. The summed E-state index contributed by atoms with van der Waals surface area (Å²) in [5.41, 5.74) is -1.78. The van der Waals surface area contributed by atoms with Gasteiger partial charge >= 0.3 is 0 Å². The predicted molar refractivity (Wildman–Crippen MR) is 42.8 cm³/mol. The van der Waals surface area contributed by atoms with Crippen LogP contribution in [-0.2, 0) is 9.47 Å². The van der Waals surface area contributed by atoms with Crippen LogP contribution in [0.15, 0.2) is 0 Å². The molecule has 0 amide bonds. The fourth-order valence-electron chi connectivity index (χ4n) is 1.32. The Morgan fingerprint density at radius 1 is 1.54 bits per heavy atom. The zero-order chi connectivity index (χ0) is 10.1. The third kappa shape index (κ3) is 1.69. The SMILES string of the molecule is CN[C@]1(O)[C@@H](O)CO[C@H](OC)[C@@H]1O. The second-order valence-electron chi connectivity index (χ2n) is 2.97. The summed E-state index contributed by atoms with van der Waals surface area (Å²) >= 11 is 0. The fourth-order valence-corrected chi connectivity index (χ4v) is 1.32. The molecular formula is C7H15NO5. The standard InChI is InChI=1S/C7H15NO5/c1-8-7(11)4(9)3-13-6(12-2)5(7)10/h4-6,8-11H,3H2,1-2H3/t4-,5-,6-,7-/m0/s1. The number of likely N-dealkylation sites (N-methyl/N-ethyl adjacent to an activating group) is 1. The zero-order valence-corrected chi connectivity index (χ0v) is 7.60. The maximum absolute atomic E-state index is 9.75. The normalized spacial score (nSPS) is 46.4. The molecule has 1 heterocycles. The predicted octanol–water partition coefficient (Wildman–Crippen LogP) is -2.38. The number of aliphatic hydroxyl groups excluding tert-OH is 2. The van der Waals surface area contributed by atoms with Crippen LogP contribution < -0.4 is 5.32 Å². The molecule has 1 saturated heterocycles. The third-order valence-corrected chi connectivity index (χ3v) is 2.27. The van der Waals surface area contributed by atoms with Crippen molar-refractivity contribution in [1.29, 1.82) is 0 Å². The van der Waals surface area contributed by atoms with Crippen molar-refractivity contribution in [2.45, 2.75) is 24.2 Å². The summed E-state index contributed by atoms with van der Waals surface area (Å²) in [5, 5.41) is 31.1. The molecule has 78 valence electrons. The van der Waals surface area contributed by atoms with Gasteiger partial charge in [-0.2, -0.15) is 0 Å². The Labute approximate surface area is 76.1 Å². The summed E-state index contributed by atoms with van der Waals surface area (Å²) in [4.78, 5) is 0. The van der Waals surface area contributed by atoms with E-state index in [1.165, 1.54) is 14.2 Å². The van der Waals surface area contributed by atoms with Gasteiger partial charge in [0.25, 0.3) is 0 Å². The molecule has 0 unspecified atom stereocenters. The maximum Gasteiger partial charge on any atom is 0.187 e. The summed E-state index contributed by atoms with van der Waals surface area (Å²) in [5.74, 6) is 0. The molecule has 1 rings (SSSR count). The van der Waals surface area contributed by atoms with Crippen molar-refractivity contribution in [3.05, 3.63) is 0 Å². The van der Waals surface area contributed by atoms with Crippen molar-refractivity contribution in [2.75, 3.05) is 20.8 Å². The lowest BCUT2D eigenvalue weighted by molar-refractivity contribution is -0.305. The molecule has 4 N–H and O–H groups in total. The molecule has 0 bridgehead atoms. The molecule has 6 heteroatoms. The lowest BCUT2D eigenvalue weighted by Crippen LogP contribution is -2.69. The summed E-state index contributed by atoms with van der Waals surface area (Å²) in [6, 6.07) is 0. The van der Waals surface area contributed by atoms with Crippen LogP contribution in [0.1, 0.15) is 0 Å². The lowest BCUT2D eigenvalue weighted by Gasteiger charge is -2.43. The molecule has 6 nitrogen and oxygen atoms in total.